The van der Waals surface area contributed by atoms with E-state index in [0.29, 0.717) is 41.2 Å². The summed E-state index contributed by atoms with van der Waals surface area (Å²) in [4.78, 5) is 32.4. The van der Waals surface area contributed by atoms with Gasteiger partial charge in [-0.2, -0.15) is 0 Å². The summed E-state index contributed by atoms with van der Waals surface area (Å²) in [5.41, 5.74) is 12.7. The Balaban J connectivity index is 1.21. The first kappa shape index (κ1) is 29.6. The van der Waals surface area contributed by atoms with Crippen LogP contribution in [0.5, 0.6) is 17.2 Å². The number of likely N-dealkylation sites (tertiary alicyclic amines) is 1. The maximum absolute atomic E-state index is 13.8. The predicted octanol–water partition coefficient (Wildman–Crippen LogP) is 5.78. The minimum absolute atomic E-state index is 0.00653. The molecule has 2 saturated carbocycles. The van der Waals surface area contributed by atoms with Crippen LogP contribution in [-0.4, -0.2) is 63.7 Å². The maximum atomic E-state index is 13.8. The van der Waals surface area contributed by atoms with Gasteiger partial charge in [-0.3, -0.25) is 9.59 Å². The molecule has 1 saturated heterocycles. The van der Waals surface area contributed by atoms with Gasteiger partial charge in [0.05, 0.1) is 25.4 Å². The number of benzene rings is 3. The number of nitrogens with zero attached hydrogens (tertiary/aromatic N) is 4. The van der Waals surface area contributed by atoms with Crippen molar-refractivity contribution in [3.8, 4) is 39.9 Å². The van der Waals surface area contributed by atoms with Crippen molar-refractivity contribution in [1.82, 2.24) is 19.0 Å². The number of amides is 1. The van der Waals surface area contributed by atoms with Gasteiger partial charge in [-0.25, -0.2) is 4.98 Å². The zero-order valence-corrected chi connectivity index (χ0v) is 27.2. The third-order valence-corrected chi connectivity index (χ3v) is 10.3. The van der Waals surface area contributed by atoms with Crippen LogP contribution in [-0.2, 0) is 18.4 Å². The fourth-order valence-corrected chi connectivity index (χ4v) is 7.73. The van der Waals surface area contributed by atoms with Gasteiger partial charge in [-0.05, 0) is 85.0 Å². The van der Waals surface area contributed by atoms with Gasteiger partial charge in [0.1, 0.15) is 11.3 Å². The number of methoxy groups -OCH3 is 2. The number of aromatic nitrogens is 3. The molecule has 3 heterocycles. The third kappa shape index (κ3) is 4.93. The van der Waals surface area contributed by atoms with Crippen LogP contribution in [0.15, 0.2) is 54.6 Å². The molecule has 5 aromatic rings. The lowest BCUT2D eigenvalue weighted by atomic mass is 10.0. The molecule has 0 radical (unpaired) electrons. The Hall–Kier alpha value is -4.83. The fourth-order valence-electron chi connectivity index (χ4n) is 7.73. The number of imidazole rings is 1. The second-order valence-corrected chi connectivity index (χ2v) is 13.3. The Morgan fingerprint density at radius 1 is 0.915 bits per heavy atom. The number of hydrogen-bond acceptors (Lipinski definition) is 7. The van der Waals surface area contributed by atoms with Crippen LogP contribution in [0.25, 0.3) is 44.6 Å². The molecule has 3 fully saturated rings. The molecule has 0 spiro atoms. The number of ether oxygens (including phenoxy) is 3. The Morgan fingerprint density at radius 2 is 1.68 bits per heavy atom. The van der Waals surface area contributed by atoms with Gasteiger partial charge in [0.25, 0.3) is 5.91 Å². The molecule has 1 amide bonds. The summed E-state index contributed by atoms with van der Waals surface area (Å²) < 4.78 is 21.2. The third-order valence-electron chi connectivity index (χ3n) is 10.3. The molecule has 3 atom stereocenters. The van der Waals surface area contributed by atoms with Crippen LogP contribution >= 0.6 is 0 Å². The largest absolute Gasteiger partial charge is 0.494 e. The van der Waals surface area contributed by atoms with Crippen LogP contribution in [0, 0.1) is 11.8 Å². The fraction of sp³-hybridized carbons (Fsp3) is 0.378. The summed E-state index contributed by atoms with van der Waals surface area (Å²) in [6, 6.07) is 18.2. The number of esters is 1. The molecule has 2 aliphatic carbocycles. The minimum atomic E-state index is -0.395. The number of aryl methyl sites for hydroxylation is 1. The molecule has 0 unspecified atom stereocenters. The molecule has 47 heavy (non-hydrogen) atoms. The van der Waals surface area contributed by atoms with E-state index in [9.17, 15) is 9.59 Å². The summed E-state index contributed by atoms with van der Waals surface area (Å²) in [5.74, 6) is 2.93. The minimum Gasteiger partial charge on any atom is -0.494 e. The number of hydrogen-bond donors (Lipinski definition) is 1. The van der Waals surface area contributed by atoms with E-state index in [2.05, 4.69) is 33.4 Å². The van der Waals surface area contributed by atoms with Crippen molar-refractivity contribution in [2.24, 2.45) is 24.6 Å². The molecular weight excluding hydrogens is 594 g/mol. The van der Waals surface area contributed by atoms with Gasteiger partial charge in [0.2, 0.25) is 0 Å². The first-order chi connectivity index (χ1) is 22.7. The molecule has 10 heteroatoms. The van der Waals surface area contributed by atoms with E-state index in [1.54, 1.807) is 20.3 Å². The molecule has 242 valence electrons. The average Bonchev–Trinajstić information content (AvgIpc) is 3.47. The van der Waals surface area contributed by atoms with Crippen molar-refractivity contribution >= 4 is 33.8 Å². The van der Waals surface area contributed by atoms with E-state index in [1.807, 2.05) is 36.2 Å². The van der Waals surface area contributed by atoms with E-state index in [4.69, 9.17) is 24.9 Å². The first-order valence-electron chi connectivity index (χ1n) is 16.4. The molecule has 3 aliphatic rings. The highest BCUT2D eigenvalue weighted by Crippen LogP contribution is 2.41. The van der Waals surface area contributed by atoms with Crippen molar-refractivity contribution in [3.05, 3.63) is 60.2 Å². The summed E-state index contributed by atoms with van der Waals surface area (Å²) in [6.07, 6.45) is 4.47. The first-order valence-corrected chi connectivity index (χ1v) is 16.4. The standard InChI is InChI=1S/C37H39N5O5/c1-20(43)47-31-12-10-23(16-32(31)45-3)22-7-8-24-15-30(41(29(24)14-22)18-21-5-6-21)36-39-27-13-26(17-33(46-4)35(27)40(36)2)37(44)42-19-25-9-11-28(42)34(25)38/h7-8,10,12-17,21,25,28,34H,5-6,9,11,18-19,38H2,1-4H3/t25-,28-,34-/m1/s1. The van der Waals surface area contributed by atoms with Crippen LogP contribution in [0.2, 0.25) is 0 Å². The Morgan fingerprint density at radius 3 is 2.36 bits per heavy atom. The number of nitrogens with two attached hydrogens (primary N) is 1. The molecule has 3 aromatic carbocycles. The lowest BCUT2D eigenvalue weighted by Crippen LogP contribution is -2.41. The maximum Gasteiger partial charge on any atom is 0.308 e. The summed E-state index contributed by atoms with van der Waals surface area (Å²) >= 11 is 0. The van der Waals surface area contributed by atoms with Crippen molar-refractivity contribution in [2.75, 3.05) is 20.8 Å². The number of carbonyl (C=O) groups is 2. The zero-order valence-electron chi connectivity index (χ0n) is 27.2. The van der Waals surface area contributed by atoms with Gasteiger partial charge in [0.15, 0.2) is 17.3 Å². The molecule has 2 N–H and O–H groups in total. The Kier molecular flexibility index (Phi) is 7.02. The van der Waals surface area contributed by atoms with Crippen LogP contribution < -0.4 is 19.9 Å². The van der Waals surface area contributed by atoms with Gasteiger partial charge in [-0.15, -0.1) is 0 Å². The SMILES string of the molecule is COc1cc(-c2ccc3cc(-c4nc5cc(C(=O)N6C[C@H]7CC[C@@H]6[C@@H]7N)cc(OC)c5n4C)n(CC4CC4)c3c2)ccc1OC(C)=O. The van der Waals surface area contributed by atoms with Gasteiger partial charge >= 0.3 is 5.97 Å². The van der Waals surface area contributed by atoms with Crippen molar-refractivity contribution in [1.29, 1.82) is 0 Å². The monoisotopic (exact) mass is 633 g/mol. The van der Waals surface area contributed by atoms with Crippen LogP contribution in [0.1, 0.15) is 43.0 Å². The van der Waals surface area contributed by atoms with E-state index in [0.717, 1.165) is 64.0 Å². The van der Waals surface area contributed by atoms with Crippen molar-refractivity contribution in [3.63, 3.8) is 0 Å². The number of carbonyl (C=O) groups excluding carboxylic acids is 2. The molecule has 8 rings (SSSR count). The van der Waals surface area contributed by atoms with Gasteiger partial charge < -0.3 is 34.0 Å². The highest BCUT2D eigenvalue weighted by atomic mass is 16.6. The normalized spacial score (nSPS) is 20.4. The van der Waals surface area contributed by atoms with Crippen molar-refractivity contribution in [2.45, 2.75) is 51.2 Å². The van der Waals surface area contributed by atoms with Crippen LogP contribution in [0.3, 0.4) is 0 Å². The lowest BCUT2D eigenvalue weighted by molar-refractivity contribution is -0.132. The highest BCUT2D eigenvalue weighted by molar-refractivity contribution is 6.00. The van der Waals surface area contributed by atoms with Crippen LogP contribution in [0.4, 0.5) is 0 Å². The summed E-state index contributed by atoms with van der Waals surface area (Å²) in [7, 11) is 5.22. The second-order valence-electron chi connectivity index (χ2n) is 13.3. The van der Waals surface area contributed by atoms with Crippen molar-refractivity contribution < 1.29 is 23.8 Å². The lowest BCUT2D eigenvalue weighted by Gasteiger charge is -2.27. The number of rotatable bonds is 8. The van der Waals surface area contributed by atoms with Gasteiger partial charge in [-0.1, -0.05) is 18.2 Å². The smallest absolute Gasteiger partial charge is 0.308 e. The number of piperidine rings is 1. The molecule has 1 aliphatic heterocycles. The zero-order chi connectivity index (χ0) is 32.6. The molecular formula is C37H39N5O5. The quantitative estimate of drug-likeness (QED) is 0.170. The van der Waals surface area contributed by atoms with E-state index in [1.165, 1.54) is 19.8 Å². The number of fused-ring (bicyclic) bond motifs is 4. The highest BCUT2D eigenvalue weighted by Gasteiger charge is 2.47. The van der Waals surface area contributed by atoms with E-state index < -0.39 is 5.97 Å². The predicted molar refractivity (Wildman–Crippen MR) is 180 cm³/mol. The molecule has 2 aromatic heterocycles. The Labute approximate surface area is 273 Å². The summed E-state index contributed by atoms with van der Waals surface area (Å²) in [6.45, 7) is 2.98. The second kappa shape index (κ2) is 11.2. The molecule has 2 bridgehead atoms. The average molecular weight is 634 g/mol. The van der Waals surface area contributed by atoms with E-state index in [-0.39, 0.29) is 18.0 Å². The Bertz CT molecular complexity index is 2070. The van der Waals surface area contributed by atoms with E-state index >= 15 is 0 Å². The molecule has 10 nitrogen and oxygen atoms in total. The summed E-state index contributed by atoms with van der Waals surface area (Å²) in [5, 5.41) is 1.11. The topological polar surface area (TPSA) is 114 Å². The van der Waals surface area contributed by atoms with Gasteiger partial charge in [0, 0.05) is 55.6 Å².